The molecule has 0 atom stereocenters. The Labute approximate surface area is 196 Å². The van der Waals surface area contributed by atoms with Crippen LogP contribution in [0.5, 0.6) is 0 Å². The van der Waals surface area contributed by atoms with Crippen molar-refractivity contribution in [3.63, 3.8) is 0 Å². The van der Waals surface area contributed by atoms with Crippen molar-refractivity contribution >= 4 is 39.4 Å². The van der Waals surface area contributed by atoms with E-state index in [1.165, 1.54) is 6.20 Å². The number of nitrogens with zero attached hydrogens (tertiary/aromatic N) is 3. The number of esters is 1. The fourth-order valence-corrected chi connectivity index (χ4v) is 4.08. The standard InChI is InChI=1S/C26H26N4O4/c1-5-34-26(33)20-14-28-22-18(24(20)31)12-11-17-21(22)27-13-19(23(17)29(2)3)25(32)30(4)15-16-9-7-6-8-10-16/h6-14H,5,15H2,1-4H3,(H,28,31). The normalized spacial score (nSPS) is 10.9. The summed E-state index contributed by atoms with van der Waals surface area (Å²) in [4.78, 5) is 49.5. The van der Waals surface area contributed by atoms with Gasteiger partial charge in [0.15, 0.2) is 0 Å². The molecule has 4 rings (SSSR count). The predicted octanol–water partition coefficient (Wildman–Crippen LogP) is 3.59. The highest BCUT2D eigenvalue weighted by molar-refractivity contribution is 6.13. The second kappa shape index (κ2) is 9.35. The van der Waals surface area contributed by atoms with E-state index in [0.29, 0.717) is 34.2 Å². The Morgan fingerprint density at radius 1 is 1.00 bits per heavy atom. The number of ether oxygens (including phenoxy) is 1. The summed E-state index contributed by atoms with van der Waals surface area (Å²) in [5.41, 5.74) is 2.74. The zero-order chi connectivity index (χ0) is 24.4. The van der Waals surface area contributed by atoms with Crippen molar-refractivity contribution in [2.45, 2.75) is 13.5 Å². The van der Waals surface area contributed by atoms with Gasteiger partial charge in [0.2, 0.25) is 5.43 Å². The first-order valence-corrected chi connectivity index (χ1v) is 10.9. The number of amides is 1. The number of anilines is 1. The van der Waals surface area contributed by atoms with E-state index >= 15 is 0 Å². The minimum atomic E-state index is -0.671. The molecule has 8 nitrogen and oxygen atoms in total. The summed E-state index contributed by atoms with van der Waals surface area (Å²) >= 11 is 0. The summed E-state index contributed by atoms with van der Waals surface area (Å²) < 4.78 is 4.98. The van der Waals surface area contributed by atoms with Gasteiger partial charge in [0.05, 0.1) is 28.9 Å². The van der Waals surface area contributed by atoms with Gasteiger partial charge in [-0.15, -0.1) is 0 Å². The van der Waals surface area contributed by atoms with E-state index in [2.05, 4.69) is 9.97 Å². The first-order valence-electron chi connectivity index (χ1n) is 10.9. The Hall–Kier alpha value is -4.20. The number of carbonyl (C=O) groups is 2. The maximum absolute atomic E-state index is 13.4. The van der Waals surface area contributed by atoms with Crippen LogP contribution < -0.4 is 10.3 Å². The molecule has 0 saturated carbocycles. The lowest BCUT2D eigenvalue weighted by Crippen LogP contribution is -2.28. The summed E-state index contributed by atoms with van der Waals surface area (Å²) in [5, 5.41) is 1.05. The van der Waals surface area contributed by atoms with Crippen LogP contribution in [0.25, 0.3) is 21.8 Å². The van der Waals surface area contributed by atoms with E-state index in [4.69, 9.17) is 4.74 Å². The van der Waals surface area contributed by atoms with Gasteiger partial charge in [-0.1, -0.05) is 30.3 Å². The molecule has 0 unspecified atom stereocenters. The maximum Gasteiger partial charge on any atom is 0.343 e. The van der Waals surface area contributed by atoms with Crippen LogP contribution in [0.1, 0.15) is 33.2 Å². The molecule has 1 N–H and O–H groups in total. The average Bonchev–Trinajstić information content (AvgIpc) is 2.83. The van der Waals surface area contributed by atoms with Gasteiger partial charge in [0.25, 0.3) is 5.91 Å². The van der Waals surface area contributed by atoms with Crippen molar-refractivity contribution in [2.24, 2.45) is 0 Å². The van der Waals surface area contributed by atoms with Crippen LogP contribution in [0, 0.1) is 0 Å². The van der Waals surface area contributed by atoms with Crippen LogP contribution in [-0.2, 0) is 11.3 Å². The van der Waals surface area contributed by atoms with Crippen LogP contribution >= 0.6 is 0 Å². The lowest BCUT2D eigenvalue weighted by molar-refractivity contribution is 0.0524. The highest BCUT2D eigenvalue weighted by Gasteiger charge is 2.22. The van der Waals surface area contributed by atoms with E-state index in [9.17, 15) is 14.4 Å². The van der Waals surface area contributed by atoms with Gasteiger partial charge in [-0.3, -0.25) is 14.6 Å². The summed E-state index contributed by atoms with van der Waals surface area (Å²) in [7, 11) is 5.48. The second-order valence-electron chi connectivity index (χ2n) is 8.20. The topological polar surface area (TPSA) is 95.6 Å². The Morgan fingerprint density at radius 2 is 1.71 bits per heavy atom. The molecule has 2 heterocycles. The maximum atomic E-state index is 13.4. The number of nitrogens with one attached hydrogen (secondary N) is 1. The smallest absolute Gasteiger partial charge is 0.343 e. The van der Waals surface area contributed by atoms with Gasteiger partial charge in [-0.05, 0) is 24.6 Å². The number of pyridine rings is 2. The zero-order valence-electron chi connectivity index (χ0n) is 19.6. The van der Waals surface area contributed by atoms with E-state index < -0.39 is 11.4 Å². The molecule has 2 aromatic carbocycles. The Balaban J connectivity index is 1.82. The molecule has 0 aliphatic rings. The molecule has 2 aromatic heterocycles. The van der Waals surface area contributed by atoms with Gasteiger partial charge in [-0.25, -0.2) is 4.79 Å². The molecule has 1 amide bonds. The first kappa shape index (κ1) is 23.0. The van der Waals surface area contributed by atoms with Crippen molar-refractivity contribution in [1.82, 2.24) is 14.9 Å². The SMILES string of the molecule is CCOC(=O)c1c[nH]c2c(ccc3c(N(C)C)c(C(=O)N(C)Cc4ccccc4)cnc32)c1=O. The largest absolute Gasteiger partial charge is 0.462 e. The number of aromatic nitrogens is 2. The number of benzene rings is 2. The first-order chi connectivity index (χ1) is 16.3. The van der Waals surface area contributed by atoms with Crippen LogP contribution in [-0.4, -0.2) is 54.5 Å². The molecule has 0 saturated heterocycles. The predicted molar refractivity (Wildman–Crippen MR) is 132 cm³/mol. The number of hydrogen-bond donors (Lipinski definition) is 1. The van der Waals surface area contributed by atoms with E-state index in [-0.39, 0.29) is 18.1 Å². The third-order valence-electron chi connectivity index (χ3n) is 5.64. The number of H-pyrrole nitrogens is 1. The third-order valence-corrected chi connectivity index (χ3v) is 5.64. The minimum Gasteiger partial charge on any atom is -0.462 e. The molecule has 8 heteroatoms. The zero-order valence-corrected chi connectivity index (χ0v) is 19.6. The van der Waals surface area contributed by atoms with Gasteiger partial charge >= 0.3 is 5.97 Å². The molecular weight excluding hydrogens is 432 g/mol. The molecule has 0 spiro atoms. The fourth-order valence-electron chi connectivity index (χ4n) is 4.08. The summed E-state index contributed by atoms with van der Waals surface area (Å²) in [6.07, 6.45) is 2.89. The second-order valence-corrected chi connectivity index (χ2v) is 8.20. The Morgan fingerprint density at radius 3 is 2.38 bits per heavy atom. The molecule has 0 fully saturated rings. The average molecular weight is 459 g/mol. The van der Waals surface area contributed by atoms with E-state index in [1.54, 1.807) is 37.2 Å². The van der Waals surface area contributed by atoms with E-state index in [0.717, 1.165) is 10.9 Å². The molecule has 174 valence electrons. The third kappa shape index (κ3) is 4.10. The Bertz CT molecular complexity index is 1440. The monoisotopic (exact) mass is 458 g/mol. The van der Waals surface area contributed by atoms with Gasteiger partial charge in [-0.2, -0.15) is 0 Å². The van der Waals surface area contributed by atoms with Crippen molar-refractivity contribution in [2.75, 3.05) is 32.6 Å². The fraction of sp³-hybridized carbons (Fsp3) is 0.231. The minimum absolute atomic E-state index is 0.0594. The summed E-state index contributed by atoms with van der Waals surface area (Å²) in [5.74, 6) is -0.830. The highest BCUT2D eigenvalue weighted by Crippen LogP contribution is 2.32. The van der Waals surface area contributed by atoms with Crippen LogP contribution in [0.3, 0.4) is 0 Å². The molecule has 0 bridgehead atoms. The van der Waals surface area contributed by atoms with Crippen molar-refractivity contribution in [3.05, 3.63) is 81.8 Å². The van der Waals surface area contributed by atoms with Crippen molar-refractivity contribution in [3.8, 4) is 0 Å². The molecule has 0 radical (unpaired) electrons. The number of aromatic amines is 1. The van der Waals surface area contributed by atoms with Crippen LogP contribution in [0.4, 0.5) is 5.69 Å². The van der Waals surface area contributed by atoms with Gasteiger partial charge in [0.1, 0.15) is 5.56 Å². The van der Waals surface area contributed by atoms with Gasteiger partial charge in [0, 0.05) is 50.9 Å². The van der Waals surface area contributed by atoms with Crippen molar-refractivity contribution in [1.29, 1.82) is 0 Å². The van der Waals surface area contributed by atoms with E-state index in [1.807, 2.05) is 49.3 Å². The quantitative estimate of drug-likeness (QED) is 0.350. The molecular formula is C26H26N4O4. The summed E-state index contributed by atoms with van der Waals surface area (Å²) in [6.45, 7) is 2.33. The number of carbonyl (C=O) groups excluding carboxylic acids is 2. The lowest BCUT2D eigenvalue weighted by Gasteiger charge is -2.23. The molecule has 0 aliphatic carbocycles. The lowest BCUT2D eigenvalue weighted by atomic mass is 10.0. The number of hydrogen-bond acceptors (Lipinski definition) is 6. The molecule has 4 aromatic rings. The van der Waals surface area contributed by atoms with Crippen LogP contribution in [0.15, 0.2) is 59.7 Å². The number of rotatable bonds is 6. The number of fused-ring (bicyclic) bond motifs is 3. The molecule has 34 heavy (non-hydrogen) atoms. The summed E-state index contributed by atoms with van der Waals surface area (Å²) in [6, 6.07) is 13.2. The Kier molecular flexibility index (Phi) is 6.32. The highest BCUT2D eigenvalue weighted by atomic mass is 16.5. The van der Waals surface area contributed by atoms with Crippen molar-refractivity contribution < 1.29 is 14.3 Å². The van der Waals surface area contributed by atoms with Crippen LogP contribution in [0.2, 0.25) is 0 Å². The molecule has 0 aliphatic heterocycles. The van der Waals surface area contributed by atoms with Gasteiger partial charge < -0.3 is 19.5 Å².